The van der Waals surface area contributed by atoms with Crippen molar-refractivity contribution in [2.24, 2.45) is 10.8 Å². The maximum absolute atomic E-state index is 9.98. The summed E-state index contributed by atoms with van der Waals surface area (Å²) in [6.45, 7) is 12.0. The van der Waals surface area contributed by atoms with Gasteiger partial charge >= 0.3 is 0 Å². The van der Waals surface area contributed by atoms with Gasteiger partial charge in [0.2, 0.25) is 0 Å². The standard InChI is InChI=1S/C15H31NO/c1-14(2,3)10-13(17)11-16-12-7-6-8-15(4,5)9-12/h12-13,16-17H,6-11H2,1-5H3. The van der Waals surface area contributed by atoms with Crippen LogP contribution in [0.25, 0.3) is 0 Å². The van der Waals surface area contributed by atoms with Crippen molar-refractivity contribution >= 4 is 0 Å². The molecule has 1 rings (SSSR count). The van der Waals surface area contributed by atoms with Crippen LogP contribution in [0.15, 0.2) is 0 Å². The smallest absolute Gasteiger partial charge is 0.0669 e. The Balaban J connectivity index is 2.26. The molecule has 0 radical (unpaired) electrons. The van der Waals surface area contributed by atoms with E-state index < -0.39 is 0 Å². The molecule has 17 heavy (non-hydrogen) atoms. The molecule has 1 aliphatic carbocycles. The van der Waals surface area contributed by atoms with Gasteiger partial charge in [0, 0.05) is 12.6 Å². The summed E-state index contributed by atoms with van der Waals surface area (Å²) in [5.74, 6) is 0. The minimum Gasteiger partial charge on any atom is -0.392 e. The van der Waals surface area contributed by atoms with E-state index in [-0.39, 0.29) is 11.5 Å². The molecule has 1 fully saturated rings. The highest BCUT2D eigenvalue weighted by Crippen LogP contribution is 2.35. The van der Waals surface area contributed by atoms with Gasteiger partial charge in [0.1, 0.15) is 0 Å². The van der Waals surface area contributed by atoms with E-state index >= 15 is 0 Å². The molecule has 0 aromatic carbocycles. The zero-order valence-corrected chi connectivity index (χ0v) is 12.3. The highest BCUT2D eigenvalue weighted by molar-refractivity contribution is 4.84. The Morgan fingerprint density at radius 1 is 1.35 bits per heavy atom. The van der Waals surface area contributed by atoms with Crippen LogP contribution in [-0.4, -0.2) is 23.8 Å². The monoisotopic (exact) mass is 241 g/mol. The zero-order valence-electron chi connectivity index (χ0n) is 12.3. The topological polar surface area (TPSA) is 32.3 Å². The van der Waals surface area contributed by atoms with E-state index in [2.05, 4.69) is 39.9 Å². The maximum Gasteiger partial charge on any atom is 0.0669 e. The molecule has 0 heterocycles. The zero-order chi connectivity index (χ0) is 13.1. The molecule has 102 valence electrons. The van der Waals surface area contributed by atoms with E-state index in [9.17, 15) is 5.11 Å². The Hall–Kier alpha value is -0.0800. The lowest BCUT2D eigenvalue weighted by Gasteiger charge is -2.36. The van der Waals surface area contributed by atoms with Crippen molar-refractivity contribution in [2.75, 3.05) is 6.54 Å². The van der Waals surface area contributed by atoms with Crippen molar-refractivity contribution in [3.05, 3.63) is 0 Å². The molecular weight excluding hydrogens is 210 g/mol. The van der Waals surface area contributed by atoms with Crippen LogP contribution in [-0.2, 0) is 0 Å². The third-order valence-electron chi connectivity index (χ3n) is 3.70. The Morgan fingerprint density at radius 2 is 2.00 bits per heavy atom. The SMILES string of the molecule is CC(C)(C)CC(O)CNC1CCCC(C)(C)C1. The number of hydrogen-bond acceptors (Lipinski definition) is 2. The number of aliphatic hydroxyl groups excluding tert-OH is 1. The lowest BCUT2D eigenvalue weighted by Crippen LogP contribution is -2.41. The van der Waals surface area contributed by atoms with Gasteiger partial charge in [-0.1, -0.05) is 41.0 Å². The predicted octanol–water partition coefficient (Wildman–Crippen LogP) is 3.34. The average Bonchev–Trinajstić information content (AvgIpc) is 2.10. The highest BCUT2D eigenvalue weighted by atomic mass is 16.3. The third kappa shape index (κ3) is 6.42. The molecule has 0 bridgehead atoms. The van der Waals surface area contributed by atoms with E-state index in [4.69, 9.17) is 0 Å². The van der Waals surface area contributed by atoms with Crippen LogP contribution in [0, 0.1) is 10.8 Å². The molecular formula is C15H31NO. The van der Waals surface area contributed by atoms with Gasteiger partial charge in [-0.2, -0.15) is 0 Å². The van der Waals surface area contributed by atoms with Crippen molar-refractivity contribution < 1.29 is 5.11 Å². The van der Waals surface area contributed by atoms with Crippen LogP contribution in [0.1, 0.15) is 66.7 Å². The van der Waals surface area contributed by atoms with Crippen LogP contribution in [0.3, 0.4) is 0 Å². The summed E-state index contributed by atoms with van der Waals surface area (Å²) < 4.78 is 0. The van der Waals surface area contributed by atoms with Crippen LogP contribution in [0.5, 0.6) is 0 Å². The molecule has 2 atom stereocenters. The van der Waals surface area contributed by atoms with Gasteiger partial charge in [0.25, 0.3) is 0 Å². The van der Waals surface area contributed by atoms with Gasteiger partial charge in [-0.3, -0.25) is 0 Å². The second-order valence-corrected chi connectivity index (χ2v) is 7.78. The first kappa shape index (κ1) is 15.0. The molecule has 0 spiro atoms. The fourth-order valence-corrected chi connectivity index (χ4v) is 2.95. The Labute approximate surface area is 107 Å². The van der Waals surface area contributed by atoms with Crippen LogP contribution in [0.4, 0.5) is 0 Å². The quantitative estimate of drug-likeness (QED) is 0.791. The first-order valence-electron chi connectivity index (χ1n) is 7.09. The van der Waals surface area contributed by atoms with E-state index in [0.29, 0.717) is 11.5 Å². The third-order valence-corrected chi connectivity index (χ3v) is 3.70. The predicted molar refractivity (Wildman–Crippen MR) is 74.1 cm³/mol. The lowest BCUT2D eigenvalue weighted by molar-refractivity contribution is 0.107. The first-order valence-corrected chi connectivity index (χ1v) is 7.09. The van der Waals surface area contributed by atoms with Crippen molar-refractivity contribution in [1.82, 2.24) is 5.32 Å². The summed E-state index contributed by atoms with van der Waals surface area (Å²) in [6.07, 6.45) is 5.84. The van der Waals surface area contributed by atoms with Gasteiger partial charge < -0.3 is 10.4 Å². The maximum atomic E-state index is 9.98. The molecule has 0 aromatic rings. The molecule has 2 nitrogen and oxygen atoms in total. The summed E-state index contributed by atoms with van der Waals surface area (Å²) in [6, 6.07) is 0.605. The van der Waals surface area contributed by atoms with E-state index in [0.717, 1.165) is 13.0 Å². The first-order chi connectivity index (χ1) is 7.68. The number of rotatable bonds is 4. The largest absolute Gasteiger partial charge is 0.392 e. The molecule has 0 amide bonds. The van der Waals surface area contributed by atoms with E-state index in [1.54, 1.807) is 0 Å². The van der Waals surface area contributed by atoms with Gasteiger partial charge in [-0.25, -0.2) is 0 Å². The van der Waals surface area contributed by atoms with Gasteiger partial charge in [-0.15, -0.1) is 0 Å². The lowest BCUT2D eigenvalue weighted by atomic mass is 9.75. The molecule has 0 saturated heterocycles. The second kappa shape index (κ2) is 5.71. The van der Waals surface area contributed by atoms with Crippen molar-refractivity contribution in [3.63, 3.8) is 0 Å². The second-order valence-electron chi connectivity index (χ2n) is 7.78. The summed E-state index contributed by atoms with van der Waals surface area (Å²) >= 11 is 0. The fourth-order valence-electron chi connectivity index (χ4n) is 2.95. The Morgan fingerprint density at radius 3 is 2.53 bits per heavy atom. The summed E-state index contributed by atoms with van der Waals surface area (Å²) in [7, 11) is 0. The minimum atomic E-state index is -0.208. The Bertz CT molecular complexity index is 230. The van der Waals surface area contributed by atoms with E-state index in [1.807, 2.05) is 0 Å². The summed E-state index contributed by atoms with van der Waals surface area (Å²) in [4.78, 5) is 0. The molecule has 1 aliphatic rings. The number of aliphatic hydroxyl groups is 1. The van der Waals surface area contributed by atoms with Crippen molar-refractivity contribution in [2.45, 2.75) is 78.9 Å². The molecule has 0 aromatic heterocycles. The Kier molecular flexibility index (Phi) is 5.03. The molecule has 1 saturated carbocycles. The summed E-state index contributed by atoms with van der Waals surface area (Å²) in [5.41, 5.74) is 0.692. The van der Waals surface area contributed by atoms with E-state index in [1.165, 1.54) is 25.7 Å². The van der Waals surface area contributed by atoms with Crippen LogP contribution in [0.2, 0.25) is 0 Å². The van der Waals surface area contributed by atoms with Gasteiger partial charge in [0.05, 0.1) is 6.10 Å². The average molecular weight is 241 g/mol. The molecule has 0 aliphatic heterocycles. The number of nitrogens with one attached hydrogen (secondary N) is 1. The van der Waals surface area contributed by atoms with Crippen LogP contribution >= 0.6 is 0 Å². The molecule has 2 heteroatoms. The van der Waals surface area contributed by atoms with Gasteiger partial charge in [-0.05, 0) is 36.5 Å². The molecule has 2 unspecified atom stereocenters. The van der Waals surface area contributed by atoms with Crippen LogP contribution < -0.4 is 5.32 Å². The summed E-state index contributed by atoms with van der Waals surface area (Å²) in [5, 5.41) is 13.5. The number of hydrogen-bond donors (Lipinski definition) is 2. The van der Waals surface area contributed by atoms with Crippen molar-refractivity contribution in [3.8, 4) is 0 Å². The van der Waals surface area contributed by atoms with Crippen molar-refractivity contribution in [1.29, 1.82) is 0 Å². The van der Waals surface area contributed by atoms with Gasteiger partial charge in [0.15, 0.2) is 0 Å². The molecule has 2 N–H and O–H groups in total. The fraction of sp³-hybridized carbons (Fsp3) is 1.00. The highest BCUT2D eigenvalue weighted by Gasteiger charge is 2.28. The normalized spacial score (nSPS) is 26.8. The minimum absolute atomic E-state index is 0.208.